The van der Waals surface area contributed by atoms with E-state index >= 15 is 0 Å². The predicted octanol–water partition coefficient (Wildman–Crippen LogP) is 2.47. The molecule has 0 saturated carbocycles. The van der Waals surface area contributed by atoms with Crippen LogP contribution in [-0.4, -0.2) is 6.04 Å². The van der Waals surface area contributed by atoms with Gasteiger partial charge in [0, 0.05) is 6.04 Å². The van der Waals surface area contributed by atoms with Crippen molar-refractivity contribution in [2.75, 3.05) is 0 Å². The van der Waals surface area contributed by atoms with Crippen molar-refractivity contribution >= 4 is 0 Å². The number of allylic oxidation sites excluding steroid dienone is 1. The van der Waals surface area contributed by atoms with Gasteiger partial charge in [-0.3, -0.25) is 0 Å². The molecule has 1 unspecified atom stereocenters. The van der Waals surface area contributed by atoms with Gasteiger partial charge < -0.3 is 5.73 Å². The molecule has 10 heavy (non-hydrogen) atoms. The molecule has 0 amide bonds. The van der Waals surface area contributed by atoms with E-state index in [1.54, 1.807) is 0 Å². The first-order valence-electron chi connectivity index (χ1n) is 4.16. The zero-order valence-electron chi connectivity index (χ0n) is 7.35. The Morgan fingerprint density at radius 2 is 2.10 bits per heavy atom. The third-order valence-electron chi connectivity index (χ3n) is 1.69. The topological polar surface area (TPSA) is 26.0 Å². The Morgan fingerprint density at radius 3 is 2.40 bits per heavy atom. The summed E-state index contributed by atoms with van der Waals surface area (Å²) in [6, 6.07) is 0.247. The van der Waals surface area contributed by atoms with Crippen LogP contribution in [0.3, 0.4) is 0 Å². The van der Waals surface area contributed by atoms with Crippen LogP contribution in [0.2, 0.25) is 0 Å². The van der Waals surface area contributed by atoms with E-state index in [2.05, 4.69) is 19.9 Å². The molecule has 1 heteroatoms. The Balaban J connectivity index is 3.79. The van der Waals surface area contributed by atoms with Crippen molar-refractivity contribution in [1.82, 2.24) is 0 Å². The highest BCUT2D eigenvalue weighted by Crippen LogP contribution is 2.06. The van der Waals surface area contributed by atoms with E-state index < -0.39 is 0 Å². The molecule has 0 aliphatic heterocycles. The van der Waals surface area contributed by atoms with Crippen molar-refractivity contribution in [3.05, 3.63) is 11.6 Å². The largest absolute Gasteiger partial charge is 0.324 e. The molecule has 0 aromatic rings. The van der Waals surface area contributed by atoms with Gasteiger partial charge in [0.1, 0.15) is 0 Å². The van der Waals surface area contributed by atoms with Crippen molar-refractivity contribution < 1.29 is 0 Å². The lowest BCUT2D eigenvalue weighted by molar-refractivity contribution is 0.796. The molecule has 0 saturated heterocycles. The zero-order valence-corrected chi connectivity index (χ0v) is 7.35. The molecular formula is C9H19N. The third kappa shape index (κ3) is 3.67. The van der Waals surface area contributed by atoms with Crippen LogP contribution in [0.5, 0.6) is 0 Å². The highest BCUT2D eigenvalue weighted by Gasteiger charge is 1.97. The average molecular weight is 141 g/mol. The molecule has 0 heterocycles. The Labute approximate surface area is 64.3 Å². The standard InChI is InChI=1S/C9H19N/c1-4-6-7-9(5-2)8(3)10/h7-8H,4-6,10H2,1-3H3/b9-7+. The van der Waals surface area contributed by atoms with Crippen molar-refractivity contribution in [3.63, 3.8) is 0 Å². The van der Waals surface area contributed by atoms with Crippen molar-refractivity contribution in [1.29, 1.82) is 0 Å². The third-order valence-corrected chi connectivity index (χ3v) is 1.69. The number of unbranched alkanes of at least 4 members (excludes halogenated alkanes) is 1. The summed E-state index contributed by atoms with van der Waals surface area (Å²) in [5.41, 5.74) is 7.11. The van der Waals surface area contributed by atoms with E-state index in [1.165, 1.54) is 18.4 Å². The molecule has 2 N–H and O–H groups in total. The number of hydrogen-bond donors (Lipinski definition) is 1. The van der Waals surface area contributed by atoms with Crippen LogP contribution < -0.4 is 5.73 Å². The number of rotatable bonds is 4. The fourth-order valence-corrected chi connectivity index (χ4v) is 0.982. The van der Waals surface area contributed by atoms with Crippen LogP contribution in [0.4, 0.5) is 0 Å². The first-order valence-corrected chi connectivity index (χ1v) is 4.16. The molecule has 0 aromatic heterocycles. The van der Waals surface area contributed by atoms with Gasteiger partial charge in [0.15, 0.2) is 0 Å². The van der Waals surface area contributed by atoms with Gasteiger partial charge in [0.25, 0.3) is 0 Å². The van der Waals surface area contributed by atoms with Crippen molar-refractivity contribution in [2.24, 2.45) is 5.73 Å². The zero-order chi connectivity index (χ0) is 7.98. The number of hydrogen-bond acceptors (Lipinski definition) is 1. The molecule has 0 rings (SSSR count). The fourth-order valence-electron chi connectivity index (χ4n) is 0.982. The van der Waals surface area contributed by atoms with Crippen LogP contribution in [0.15, 0.2) is 11.6 Å². The molecule has 1 atom stereocenters. The molecule has 0 fully saturated rings. The van der Waals surface area contributed by atoms with Gasteiger partial charge in [-0.15, -0.1) is 0 Å². The van der Waals surface area contributed by atoms with Crippen molar-refractivity contribution in [2.45, 2.75) is 46.1 Å². The quantitative estimate of drug-likeness (QED) is 0.598. The lowest BCUT2D eigenvalue weighted by Crippen LogP contribution is -2.17. The minimum atomic E-state index is 0.247. The molecule has 0 aliphatic rings. The van der Waals surface area contributed by atoms with Gasteiger partial charge in [-0.1, -0.05) is 31.9 Å². The molecule has 0 spiro atoms. The average Bonchev–Trinajstić information content (AvgIpc) is 1.89. The normalized spacial score (nSPS) is 15.4. The van der Waals surface area contributed by atoms with Gasteiger partial charge in [-0.25, -0.2) is 0 Å². The Kier molecular flexibility index (Phi) is 5.32. The first-order chi connectivity index (χ1) is 4.72. The van der Waals surface area contributed by atoms with Gasteiger partial charge in [0.2, 0.25) is 0 Å². The van der Waals surface area contributed by atoms with Gasteiger partial charge in [-0.05, 0) is 19.8 Å². The van der Waals surface area contributed by atoms with Crippen LogP contribution in [0, 0.1) is 0 Å². The Bertz CT molecular complexity index is 103. The maximum Gasteiger partial charge on any atom is 0.0224 e. The van der Waals surface area contributed by atoms with Gasteiger partial charge in [0.05, 0.1) is 0 Å². The summed E-state index contributed by atoms with van der Waals surface area (Å²) in [4.78, 5) is 0. The monoisotopic (exact) mass is 141 g/mol. The molecule has 0 radical (unpaired) electrons. The van der Waals surface area contributed by atoms with E-state index in [9.17, 15) is 0 Å². The fraction of sp³-hybridized carbons (Fsp3) is 0.778. The first kappa shape index (κ1) is 9.70. The molecule has 0 aromatic carbocycles. The maximum atomic E-state index is 5.72. The summed E-state index contributed by atoms with van der Waals surface area (Å²) >= 11 is 0. The molecular weight excluding hydrogens is 122 g/mol. The molecule has 60 valence electrons. The van der Waals surface area contributed by atoms with E-state index in [0.717, 1.165) is 6.42 Å². The van der Waals surface area contributed by atoms with E-state index in [1.807, 2.05) is 6.92 Å². The van der Waals surface area contributed by atoms with E-state index in [-0.39, 0.29) is 6.04 Å². The highest BCUT2D eigenvalue weighted by atomic mass is 14.6. The minimum Gasteiger partial charge on any atom is -0.324 e. The summed E-state index contributed by atoms with van der Waals surface area (Å²) in [5, 5.41) is 0. The van der Waals surface area contributed by atoms with Crippen LogP contribution >= 0.6 is 0 Å². The summed E-state index contributed by atoms with van der Waals surface area (Å²) in [6.45, 7) is 6.39. The maximum absolute atomic E-state index is 5.72. The second-order valence-corrected chi connectivity index (χ2v) is 2.71. The lowest BCUT2D eigenvalue weighted by Gasteiger charge is -2.07. The van der Waals surface area contributed by atoms with Gasteiger partial charge in [-0.2, -0.15) is 0 Å². The summed E-state index contributed by atoms with van der Waals surface area (Å²) in [5.74, 6) is 0. The van der Waals surface area contributed by atoms with Crippen LogP contribution in [0.1, 0.15) is 40.0 Å². The second-order valence-electron chi connectivity index (χ2n) is 2.71. The SMILES string of the molecule is CCC/C=C(\CC)C(C)N. The van der Waals surface area contributed by atoms with Crippen molar-refractivity contribution in [3.8, 4) is 0 Å². The predicted molar refractivity (Wildman–Crippen MR) is 46.9 cm³/mol. The molecule has 0 aliphatic carbocycles. The molecule has 1 nitrogen and oxygen atoms in total. The van der Waals surface area contributed by atoms with E-state index in [4.69, 9.17) is 5.73 Å². The molecule has 0 bridgehead atoms. The number of nitrogens with two attached hydrogens (primary N) is 1. The second kappa shape index (κ2) is 5.48. The lowest BCUT2D eigenvalue weighted by atomic mass is 10.1. The summed E-state index contributed by atoms with van der Waals surface area (Å²) in [7, 11) is 0. The van der Waals surface area contributed by atoms with Gasteiger partial charge >= 0.3 is 0 Å². The Hall–Kier alpha value is -0.300. The van der Waals surface area contributed by atoms with E-state index in [0.29, 0.717) is 0 Å². The Morgan fingerprint density at radius 1 is 1.50 bits per heavy atom. The van der Waals surface area contributed by atoms with Crippen LogP contribution in [0.25, 0.3) is 0 Å². The minimum absolute atomic E-state index is 0.247. The van der Waals surface area contributed by atoms with Crippen LogP contribution in [-0.2, 0) is 0 Å². The summed E-state index contributed by atoms with van der Waals surface area (Å²) in [6.07, 6.45) is 5.75. The summed E-state index contributed by atoms with van der Waals surface area (Å²) < 4.78 is 0. The smallest absolute Gasteiger partial charge is 0.0224 e. The highest BCUT2D eigenvalue weighted by molar-refractivity contribution is 5.07.